The van der Waals surface area contributed by atoms with Crippen LogP contribution < -0.4 is 16.2 Å². The van der Waals surface area contributed by atoms with Gasteiger partial charge in [0.25, 0.3) is 0 Å². The van der Waals surface area contributed by atoms with Crippen LogP contribution in [-0.4, -0.2) is 29.2 Å². The summed E-state index contributed by atoms with van der Waals surface area (Å²) < 4.78 is 45.1. The van der Waals surface area contributed by atoms with Gasteiger partial charge in [0.2, 0.25) is 10.0 Å². The molecule has 0 radical (unpaired) electrons. The first-order chi connectivity index (χ1) is 18.5. The Hall–Kier alpha value is -3.21. The zero-order valence-electron chi connectivity index (χ0n) is 21.9. The van der Waals surface area contributed by atoms with E-state index >= 15 is 4.39 Å². The van der Waals surface area contributed by atoms with Gasteiger partial charge in [0.05, 0.1) is 22.3 Å². The standard InChI is InChI=1S/C28H32ClFN6O2S/c1-16(2)36-27-21(17-7-10-20(31)11-8-17)14-33-28(32)25(27)26(34-36)18-9-12-24(23(30)13-18)35-39(37,38)15-19-5-3-4-6-22(19)29/h3-6,9,12-14,16-17,20,35H,7-8,10-11,15,31H2,1-2H3,(H2,32,33). The van der Waals surface area contributed by atoms with Gasteiger partial charge in [-0.1, -0.05) is 35.9 Å². The van der Waals surface area contributed by atoms with Gasteiger partial charge in [-0.25, -0.2) is 17.8 Å². The second kappa shape index (κ2) is 10.7. The van der Waals surface area contributed by atoms with Gasteiger partial charge in [-0.05, 0) is 74.8 Å². The molecule has 0 aliphatic heterocycles. The molecule has 2 heterocycles. The number of fused-ring (bicyclic) bond motifs is 1. The first kappa shape index (κ1) is 27.4. The largest absolute Gasteiger partial charge is 0.383 e. The van der Waals surface area contributed by atoms with Crippen LogP contribution in [0.4, 0.5) is 15.9 Å². The maximum Gasteiger partial charge on any atom is 0.237 e. The molecule has 1 fully saturated rings. The molecule has 1 aliphatic carbocycles. The zero-order chi connectivity index (χ0) is 27.9. The summed E-state index contributed by atoms with van der Waals surface area (Å²) in [5.74, 6) is -0.512. The lowest BCUT2D eigenvalue weighted by Crippen LogP contribution is -2.26. The molecule has 5 N–H and O–H groups in total. The molecule has 0 spiro atoms. The highest BCUT2D eigenvalue weighted by molar-refractivity contribution is 7.91. The van der Waals surface area contributed by atoms with Gasteiger partial charge < -0.3 is 11.5 Å². The molecule has 11 heteroatoms. The molecule has 0 atom stereocenters. The number of halogens is 2. The van der Waals surface area contributed by atoms with Gasteiger partial charge in [0, 0.05) is 28.9 Å². The van der Waals surface area contributed by atoms with Crippen LogP contribution in [0.15, 0.2) is 48.7 Å². The summed E-state index contributed by atoms with van der Waals surface area (Å²) in [6, 6.07) is 11.2. The van der Waals surface area contributed by atoms with E-state index in [-0.39, 0.29) is 29.4 Å². The Bertz CT molecular complexity index is 1630. The van der Waals surface area contributed by atoms with Crippen molar-refractivity contribution in [3.8, 4) is 11.3 Å². The predicted octanol–water partition coefficient (Wildman–Crippen LogP) is 5.98. The summed E-state index contributed by atoms with van der Waals surface area (Å²) in [6.45, 7) is 4.07. The Morgan fingerprint density at radius 2 is 1.87 bits per heavy atom. The molecule has 206 valence electrons. The number of nitrogens with one attached hydrogen (secondary N) is 1. The Morgan fingerprint density at radius 1 is 1.15 bits per heavy atom. The van der Waals surface area contributed by atoms with Crippen LogP contribution in [0.25, 0.3) is 22.2 Å². The number of hydrogen-bond donors (Lipinski definition) is 3. The minimum Gasteiger partial charge on any atom is -0.383 e. The van der Waals surface area contributed by atoms with Crippen molar-refractivity contribution in [2.45, 2.75) is 63.3 Å². The molecular weight excluding hydrogens is 539 g/mol. The van der Waals surface area contributed by atoms with E-state index in [0.717, 1.165) is 36.8 Å². The summed E-state index contributed by atoms with van der Waals surface area (Å²) >= 11 is 6.11. The molecule has 0 saturated heterocycles. The lowest BCUT2D eigenvalue weighted by molar-refractivity contribution is 0.395. The number of aromatic nitrogens is 3. The molecule has 0 bridgehead atoms. The number of pyridine rings is 1. The number of nitrogens with zero attached hydrogens (tertiary/aromatic N) is 3. The Morgan fingerprint density at radius 3 is 2.54 bits per heavy atom. The molecule has 2 aromatic carbocycles. The zero-order valence-corrected chi connectivity index (χ0v) is 23.4. The van der Waals surface area contributed by atoms with Crippen molar-refractivity contribution in [2.75, 3.05) is 10.5 Å². The van der Waals surface area contributed by atoms with Crippen molar-refractivity contribution < 1.29 is 12.8 Å². The first-order valence-electron chi connectivity index (χ1n) is 13.0. The van der Waals surface area contributed by atoms with E-state index in [4.69, 9.17) is 28.2 Å². The second-order valence-electron chi connectivity index (χ2n) is 10.5. The van der Waals surface area contributed by atoms with E-state index in [1.54, 1.807) is 30.3 Å². The van der Waals surface area contributed by atoms with Crippen molar-refractivity contribution in [3.63, 3.8) is 0 Å². The van der Waals surface area contributed by atoms with Crippen molar-refractivity contribution in [2.24, 2.45) is 5.73 Å². The van der Waals surface area contributed by atoms with E-state index in [2.05, 4.69) is 9.71 Å². The molecule has 0 amide bonds. The number of rotatable bonds is 7. The van der Waals surface area contributed by atoms with E-state index in [1.807, 2.05) is 24.7 Å². The third-order valence-corrected chi connectivity index (χ3v) is 8.89. The van der Waals surface area contributed by atoms with E-state index in [9.17, 15) is 8.42 Å². The SMILES string of the molecule is CC(C)n1nc(-c2ccc(NS(=O)(=O)Cc3ccccc3Cl)c(F)c2)c2c(N)ncc(C3CCC(N)CC3)c21. The van der Waals surface area contributed by atoms with E-state index < -0.39 is 15.8 Å². The summed E-state index contributed by atoms with van der Waals surface area (Å²) in [6.07, 6.45) is 5.63. The van der Waals surface area contributed by atoms with Crippen molar-refractivity contribution in [3.05, 3.63) is 70.6 Å². The second-order valence-corrected chi connectivity index (χ2v) is 12.6. The van der Waals surface area contributed by atoms with Gasteiger partial charge in [-0.3, -0.25) is 9.40 Å². The van der Waals surface area contributed by atoms with Crippen molar-refractivity contribution in [1.82, 2.24) is 14.8 Å². The maximum absolute atomic E-state index is 15.3. The maximum atomic E-state index is 15.3. The monoisotopic (exact) mass is 570 g/mol. The van der Waals surface area contributed by atoms with Crippen LogP contribution in [0.5, 0.6) is 0 Å². The van der Waals surface area contributed by atoms with Gasteiger partial charge >= 0.3 is 0 Å². The van der Waals surface area contributed by atoms with E-state index in [0.29, 0.717) is 33.0 Å². The Balaban J connectivity index is 1.52. The van der Waals surface area contributed by atoms with E-state index in [1.165, 1.54) is 12.1 Å². The van der Waals surface area contributed by atoms with Crippen molar-refractivity contribution in [1.29, 1.82) is 0 Å². The molecule has 1 saturated carbocycles. The minimum absolute atomic E-state index is 0.0217. The molecule has 1 aliphatic rings. The smallest absolute Gasteiger partial charge is 0.237 e. The van der Waals surface area contributed by atoms with Gasteiger partial charge in [-0.15, -0.1) is 0 Å². The first-order valence-corrected chi connectivity index (χ1v) is 15.0. The number of nitrogens with two attached hydrogens (primary N) is 2. The number of nitrogen functional groups attached to an aromatic ring is 1. The number of hydrogen-bond acceptors (Lipinski definition) is 6. The summed E-state index contributed by atoms with van der Waals surface area (Å²) in [4.78, 5) is 4.49. The third-order valence-electron chi connectivity index (χ3n) is 7.29. The lowest BCUT2D eigenvalue weighted by Gasteiger charge is -2.27. The van der Waals surface area contributed by atoms with Crippen molar-refractivity contribution >= 4 is 44.0 Å². The quantitative estimate of drug-likeness (QED) is 0.251. The molecule has 0 unspecified atom stereocenters. The summed E-state index contributed by atoms with van der Waals surface area (Å²) in [5.41, 5.74) is 15.7. The van der Waals surface area contributed by atoms with Crippen LogP contribution in [0.3, 0.4) is 0 Å². The Kier molecular flexibility index (Phi) is 7.54. The molecule has 39 heavy (non-hydrogen) atoms. The molecule has 2 aromatic heterocycles. The topological polar surface area (TPSA) is 129 Å². The summed E-state index contributed by atoms with van der Waals surface area (Å²) in [5, 5.41) is 5.85. The average Bonchev–Trinajstić information content (AvgIpc) is 3.29. The number of sulfonamides is 1. The number of anilines is 2. The molecule has 8 nitrogen and oxygen atoms in total. The molecule has 4 aromatic rings. The van der Waals surface area contributed by atoms with Crippen LogP contribution in [0.1, 0.15) is 62.6 Å². The highest BCUT2D eigenvalue weighted by Gasteiger charge is 2.27. The summed E-state index contributed by atoms with van der Waals surface area (Å²) in [7, 11) is -3.91. The minimum atomic E-state index is -3.91. The van der Waals surface area contributed by atoms with Crippen LogP contribution >= 0.6 is 11.6 Å². The Labute approximate surface area is 232 Å². The van der Waals surface area contributed by atoms with Crippen LogP contribution in [0, 0.1) is 5.82 Å². The van der Waals surface area contributed by atoms with Crippen LogP contribution in [0.2, 0.25) is 5.02 Å². The lowest BCUT2D eigenvalue weighted by atomic mass is 9.82. The third kappa shape index (κ3) is 5.59. The molecule has 5 rings (SSSR count). The number of benzene rings is 2. The normalized spacial score (nSPS) is 18.1. The van der Waals surface area contributed by atoms with Crippen LogP contribution in [-0.2, 0) is 15.8 Å². The highest BCUT2D eigenvalue weighted by atomic mass is 35.5. The molecular formula is C28H32ClFN6O2S. The fraction of sp³-hybridized carbons (Fsp3) is 0.357. The average molecular weight is 571 g/mol. The highest BCUT2D eigenvalue weighted by Crippen LogP contribution is 2.41. The fourth-order valence-electron chi connectivity index (χ4n) is 5.29. The van der Waals surface area contributed by atoms with Gasteiger partial charge in [0.15, 0.2) is 0 Å². The van der Waals surface area contributed by atoms with Gasteiger partial charge in [-0.2, -0.15) is 5.10 Å². The fourth-order valence-corrected chi connectivity index (χ4v) is 6.81. The predicted molar refractivity (Wildman–Crippen MR) is 155 cm³/mol. The van der Waals surface area contributed by atoms with Gasteiger partial charge in [0.1, 0.15) is 17.3 Å².